The summed E-state index contributed by atoms with van der Waals surface area (Å²) in [4.78, 5) is 9.38. The Kier molecular flexibility index (Phi) is 3.67. The molecule has 0 radical (unpaired) electrons. The van der Waals surface area contributed by atoms with Crippen LogP contribution in [0.1, 0.15) is 38.2 Å². The van der Waals surface area contributed by atoms with Crippen LogP contribution in [0, 0.1) is 12.3 Å². The van der Waals surface area contributed by atoms with Crippen molar-refractivity contribution in [3.05, 3.63) is 29.8 Å². The third kappa shape index (κ3) is 2.93. The number of aliphatic hydroxyl groups is 1. The molecular formula is C19H27N5O. The van der Waals surface area contributed by atoms with E-state index < -0.39 is 5.60 Å². The monoisotopic (exact) mass is 341 g/mol. The van der Waals surface area contributed by atoms with Crippen LogP contribution in [0.2, 0.25) is 0 Å². The molecule has 0 aromatic carbocycles. The van der Waals surface area contributed by atoms with E-state index in [1.807, 2.05) is 30.8 Å². The molecule has 1 aliphatic carbocycles. The van der Waals surface area contributed by atoms with E-state index in [0.717, 1.165) is 35.9 Å². The van der Waals surface area contributed by atoms with Crippen LogP contribution in [0.3, 0.4) is 0 Å². The van der Waals surface area contributed by atoms with E-state index in [1.165, 1.54) is 12.8 Å². The van der Waals surface area contributed by atoms with Crippen molar-refractivity contribution in [1.29, 1.82) is 0 Å². The van der Waals surface area contributed by atoms with Gasteiger partial charge in [-0.1, -0.05) is 0 Å². The van der Waals surface area contributed by atoms with Gasteiger partial charge in [-0.3, -0.25) is 0 Å². The molecule has 3 heterocycles. The molecule has 1 saturated heterocycles. The summed E-state index contributed by atoms with van der Waals surface area (Å²) in [6.07, 6.45) is 4.56. The topological polar surface area (TPSA) is 75.0 Å². The van der Waals surface area contributed by atoms with Crippen molar-refractivity contribution >= 4 is 5.82 Å². The van der Waals surface area contributed by atoms with Crippen LogP contribution < -0.4 is 10.6 Å². The Morgan fingerprint density at radius 3 is 2.68 bits per heavy atom. The predicted molar refractivity (Wildman–Crippen MR) is 98.4 cm³/mol. The van der Waals surface area contributed by atoms with Crippen molar-refractivity contribution in [2.24, 2.45) is 12.5 Å². The van der Waals surface area contributed by atoms with Crippen molar-refractivity contribution in [1.82, 2.24) is 19.9 Å². The van der Waals surface area contributed by atoms with Crippen LogP contribution in [0.15, 0.2) is 18.3 Å². The average molecular weight is 341 g/mol. The largest absolute Gasteiger partial charge is 0.383 e. The van der Waals surface area contributed by atoms with Crippen LogP contribution in [0.25, 0.3) is 11.3 Å². The quantitative estimate of drug-likeness (QED) is 0.795. The van der Waals surface area contributed by atoms with E-state index in [4.69, 9.17) is 4.98 Å². The minimum Gasteiger partial charge on any atom is -0.383 e. The number of nitrogens with zero attached hydrogens (tertiary/aromatic N) is 3. The first-order valence-electron chi connectivity index (χ1n) is 9.00. The SMILES string of the molecule is Cc1nc(NC2CNCC23CC3)ccc1-c1cn(C)c(C(C)(C)O)n1. The molecular weight excluding hydrogens is 314 g/mol. The third-order valence-electron chi connectivity index (χ3n) is 5.56. The summed E-state index contributed by atoms with van der Waals surface area (Å²) in [5.41, 5.74) is 2.28. The number of nitrogens with one attached hydrogen (secondary N) is 2. The Bertz CT molecular complexity index is 801. The van der Waals surface area contributed by atoms with Crippen LogP contribution in [-0.2, 0) is 12.6 Å². The third-order valence-corrected chi connectivity index (χ3v) is 5.56. The fourth-order valence-electron chi connectivity index (χ4n) is 3.95. The van der Waals surface area contributed by atoms with Gasteiger partial charge in [0.15, 0.2) is 0 Å². The average Bonchev–Trinajstić information content (AvgIpc) is 3.04. The van der Waals surface area contributed by atoms with Crippen molar-refractivity contribution < 1.29 is 5.11 Å². The van der Waals surface area contributed by atoms with Gasteiger partial charge in [-0.05, 0) is 45.7 Å². The smallest absolute Gasteiger partial charge is 0.140 e. The van der Waals surface area contributed by atoms with Gasteiger partial charge in [-0.15, -0.1) is 0 Å². The molecule has 6 heteroatoms. The predicted octanol–water partition coefficient (Wildman–Crippen LogP) is 2.18. The van der Waals surface area contributed by atoms with E-state index >= 15 is 0 Å². The van der Waals surface area contributed by atoms with Gasteiger partial charge in [0.2, 0.25) is 0 Å². The molecule has 2 aromatic rings. The molecule has 1 atom stereocenters. The molecule has 2 fully saturated rings. The first-order chi connectivity index (χ1) is 11.8. The van der Waals surface area contributed by atoms with Crippen molar-refractivity contribution in [2.45, 2.75) is 45.3 Å². The van der Waals surface area contributed by atoms with Gasteiger partial charge in [0.1, 0.15) is 17.2 Å². The summed E-state index contributed by atoms with van der Waals surface area (Å²) >= 11 is 0. The molecule has 3 N–H and O–H groups in total. The molecule has 2 aromatic heterocycles. The van der Waals surface area contributed by atoms with Gasteiger partial charge in [0.25, 0.3) is 0 Å². The lowest BCUT2D eigenvalue weighted by atomic mass is 10.0. The number of pyridine rings is 1. The molecule has 1 spiro atoms. The number of aryl methyl sites for hydroxylation is 2. The Morgan fingerprint density at radius 1 is 1.32 bits per heavy atom. The molecule has 1 saturated carbocycles. The first-order valence-corrected chi connectivity index (χ1v) is 9.00. The normalized spacial score (nSPS) is 21.7. The summed E-state index contributed by atoms with van der Waals surface area (Å²) in [7, 11) is 1.91. The number of anilines is 1. The molecule has 4 rings (SSSR count). The molecule has 134 valence electrons. The highest BCUT2D eigenvalue weighted by Gasteiger charge is 2.52. The summed E-state index contributed by atoms with van der Waals surface area (Å²) in [6.45, 7) is 7.65. The Labute approximate surface area is 148 Å². The fourth-order valence-corrected chi connectivity index (χ4v) is 3.95. The van der Waals surface area contributed by atoms with Crippen molar-refractivity contribution in [3.8, 4) is 11.3 Å². The first kappa shape index (κ1) is 16.5. The van der Waals surface area contributed by atoms with E-state index in [-0.39, 0.29) is 0 Å². The maximum atomic E-state index is 10.2. The standard InChI is InChI=1S/C19H27N5O/c1-12-13(14-10-24(4)17(22-14)18(2,3)25)5-6-16(21-12)23-15-9-20-11-19(15)7-8-19/h5-6,10,15,20,25H,7-9,11H2,1-4H3,(H,21,23). The Balaban J connectivity index is 1.58. The van der Waals surface area contributed by atoms with Gasteiger partial charge in [0.05, 0.1) is 5.69 Å². The molecule has 1 unspecified atom stereocenters. The minimum atomic E-state index is -0.968. The summed E-state index contributed by atoms with van der Waals surface area (Å²) in [6, 6.07) is 4.58. The maximum Gasteiger partial charge on any atom is 0.140 e. The number of rotatable bonds is 4. The number of hydrogen-bond donors (Lipinski definition) is 3. The Hall–Kier alpha value is -1.92. The minimum absolute atomic E-state index is 0.455. The van der Waals surface area contributed by atoms with Gasteiger partial charge in [-0.2, -0.15) is 0 Å². The molecule has 0 bridgehead atoms. The molecule has 25 heavy (non-hydrogen) atoms. The second-order valence-electron chi connectivity index (χ2n) is 8.14. The fraction of sp³-hybridized carbons (Fsp3) is 0.579. The maximum absolute atomic E-state index is 10.2. The van der Waals surface area contributed by atoms with Crippen molar-refractivity contribution in [3.63, 3.8) is 0 Å². The van der Waals surface area contributed by atoms with E-state index in [9.17, 15) is 5.11 Å². The zero-order chi connectivity index (χ0) is 17.8. The molecule has 2 aliphatic rings. The van der Waals surface area contributed by atoms with Gasteiger partial charge < -0.3 is 20.3 Å². The second kappa shape index (κ2) is 5.54. The Morgan fingerprint density at radius 2 is 2.08 bits per heavy atom. The van der Waals surface area contributed by atoms with E-state index in [0.29, 0.717) is 17.3 Å². The number of imidazole rings is 1. The molecule has 1 aliphatic heterocycles. The zero-order valence-electron chi connectivity index (χ0n) is 15.4. The zero-order valence-corrected chi connectivity index (χ0v) is 15.4. The van der Waals surface area contributed by atoms with Crippen molar-refractivity contribution in [2.75, 3.05) is 18.4 Å². The van der Waals surface area contributed by atoms with E-state index in [1.54, 1.807) is 13.8 Å². The lowest BCUT2D eigenvalue weighted by Crippen LogP contribution is -2.29. The number of aromatic nitrogens is 3. The summed E-state index contributed by atoms with van der Waals surface area (Å²) in [5.74, 6) is 1.58. The van der Waals surface area contributed by atoms with Crippen LogP contribution in [0.4, 0.5) is 5.82 Å². The lowest BCUT2D eigenvalue weighted by molar-refractivity contribution is 0.0659. The summed E-state index contributed by atoms with van der Waals surface area (Å²) in [5, 5.41) is 17.4. The highest BCUT2D eigenvalue weighted by molar-refractivity contribution is 5.63. The van der Waals surface area contributed by atoms with Gasteiger partial charge >= 0.3 is 0 Å². The van der Waals surface area contributed by atoms with E-state index in [2.05, 4.69) is 21.7 Å². The lowest BCUT2D eigenvalue weighted by Gasteiger charge is -2.20. The number of hydrogen-bond acceptors (Lipinski definition) is 5. The molecule has 0 amide bonds. The van der Waals surface area contributed by atoms with Gasteiger partial charge in [0, 0.05) is 49.0 Å². The second-order valence-corrected chi connectivity index (χ2v) is 8.14. The molecule has 6 nitrogen and oxygen atoms in total. The van der Waals surface area contributed by atoms with Crippen LogP contribution >= 0.6 is 0 Å². The van der Waals surface area contributed by atoms with Crippen LogP contribution in [-0.4, -0.2) is 38.8 Å². The highest BCUT2D eigenvalue weighted by atomic mass is 16.3. The highest BCUT2D eigenvalue weighted by Crippen LogP contribution is 2.51. The van der Waals surface area contributed by atoms with Crippen LogP contribution in [0.5, 0.6) is 0 Å². The van der Waals surface area contributed by atoms with Gasteiger partial charge in [-0.25, -0.2) is 9.97 Å². The summed E-state index contributed by atoms with van der Waals surface area (Å²) < 4.78 is 1.88.